The van der Waals surface area contributed by atoms with Gasteiger partial charge in [0.2, 0.25) is 0 Å². The third kappa shape index (κ3) is 2.72. The molecular formula is C13H18FNO2S. The first-order valence-electron chi connectivity index (χ1n) is 6.10. The van der Waals surface area contributed by atoms with Crippen molar-refractivity contribution in [2.75, 3.05) is 19.3 Å². The molecule has 1 aromatic rings. The molecule has 18 heavy (non-hydrogen) atoms. The molecule has 1 N–H and O–H groups in total. The fourth-order valence-electron chi connectivity index (χ4n) is 2.50. The van der Waals surface area contributed by atoms with Gasteiger partial charge in [-0.15, -0.1) is 0 Å². The predicted molar refractivity (Wildman–Crippen MR) is 69.1 cm³/mol. The highest BCUT2D eigenvalue weighted by molar-refractivity contribution is 7.90. The van der Waals surface area contributed by atoms with E-state index in [1.165, 1.54) is 12.1 Å². The van der Waals surface area contributed by atoms with Crippen molar-refractivity contribution in [3.8, 4) is 0 Å². The van der Waals surface area contributed by atoms with Gasteiger partial charge < -0.3 is 5.32 Å². The van der Waals surface area contributed by atoms with Crippen molar-refractivity contribution in [1.82, 2.24) is 5.32 Å². The maximum absolute atomic E-state index is 14.0. The summed E-state index contributed by atoms with van der Waals surface area (Å²) in [6, 6.07) is 2.85. The summed E-state index contributed by atoms with van der Waals surface area (Å²) < 4.78 is 37.3. The zero-order chi connectivity index (χ0) is 13.3. The summed E-state index contributed by atoms with van der Waals surface area (Å²) in [6.45, 7) is 3.29. The van der Waals surface area contributed by atoms with Gasteiger partial charge in [-0.1, -0.05) is 0 Å². The molecule has 0 aliphatic carbocycles. The fraction of sp³-hybridized carbons (Fsp3) is 0.538. The van der Waals surface area contributed by atoms with Crippen LogP contribution in [0.15, 0.2) is 17.0 Å². The van der Waals surface area contributed by atoms with E-state index in [-0.39, 0.29) is 16.6 Å². The number of halogens is 1. The predicted octanol–water partition coefficient (Wildman–Crippen LogP) is 2.00. The molecule has 0 bridgehead atoms. The van der Waals surface area contributed by atoms with E-state index in [0.717, 1.165) is 25.6 Å². The normalized spacial score (nSPS) is 20.9. The van der Waals surface area contributed by atoms with E-state index in [1.54, 1.807) is 6.92 Å². The minimum absolute atomic E-state index is 0.0693. The lowest BCUT2D eigenvalue weighted by atomic mass is 9.91. The maximum atomic E-state index is 14.0. The van der Waals surface area contributed by atoms with Crippen LogP contribution in [0.1, 0.15) is 29.9 Å². The number of nitrogens with one attached hydrogen (secondary N) is 1. The monoisotopic (exact) mass is 271 g/mol. The molecule has 0 amide bonds. The number of hydrogen-bond donors (Lipinski definition) is 1. The fourth-order valence-corrected chi connectivity index (χ4v) is 3.48. The molecule has 1 fully saturated rings. The lowest BCUT2D eigenvalue weighted by molar-refractivity contribution is 0.445. The first-order valence-corrected chi connectivity index (χ1v) is 7.99. The van der Waals surface area contributed by atoms with Gasteiger partial charge in [0.05, 0.1) is 4.90 Å². The highest BCUT2D eigenvalue weighted by atomic mass is 32.2. The number of hydrogen-bond acceptors (Lipinski definition) is 3. The minimum atomic E-state index is -3.30. The lowest BCUT2D eigenvalue weighted by Gasteiger charge is -2.24. The SMILES string of the molecule is Cc1cc(F)c(C2CCCNC2)cc1S(C)(=O)=O. The molecule has 1 saturated heterocycles. The molecule has 0 radical (unpaired) electrons. The Balaban J connectivity index is 2.47. The van der Waals surface area contributed by atoms with Crippen LogP contribution >= 0.6 is 0 Å². The Labute approximate surface area is 107 Å². The van der Waals surface area contributed by atoms with Gasteiger partial charge in [-0.2, -0.15) is 0 Å². The summed E-state index contributed by atoms with van der Waals surface area (Å²) in [5.74, 6) is -0.228. The van der Waals surface area contributed by atoms with Crippen molar-refractivity contribution in [2.45, 2.75) is 30.6 Å². The number of rotatable bonds is 2. The van der Waals surface area contributed by atoms with Crippen LogP contribution in [0.25, 0.3) is 0 Å². The van der Waals surface area contributed by atoms with Gasteiger partial charge in [-0.25, -0.2) is 12.8 Å². The molecule has 2 rings (SSSR count). The molecule has 5 heteroatoms. The van der Waals surface area contributed by atoms with E-state index in [4.69, 9.17) is 0 Å². The maximum Gasteiger partial charge on any atom is 0.175 e. The van der Waals surface area contributed by atoms with Gasteiger partial charge >= 0.3 is 0 Å². The molecule has 1 heterocycles. The second kappa shape index (κ2) is 4.97. The molecule has 1 aliphatic heterocycles. The summed E-state index contributed by atoms with van der Waals surface area (Å²) in [7, 11) is -3.30. The van der Waals surface area contributed by atoms with Gasteiger partial charge in [0.1, 0.15) is 5.82 Å². The number of benzene rings is 1. The second-order valence-electron chi connectivity index (χ2n) is 4.95. The van der Waals surface area contributed by atoms with Crippen molar-refractivity contribution in [2.24, 2.45) is 0 Å². The van der Waals surface area contributed by atoms with E-state index in [1.807, 2.05) is 0 Å². The minimum Gasteiger partial charge on any atom is -0.316 e. The molecule has 1 aliphatic rings. The summed E-state index contributed by atoms with van der Waals surface area (Å²) in [5, 5.41) is 3.22. The van der Waals surface area contributed by atoms with Crippen LogP contribution in [0.2, 0.25) is 0 Å². The van der Waals surface area contributed by atoms with Crippen LogP contribution < -0.4 is 5.32 Å². The third-order valence-corrected chi connectivity index (χ3v) is 4.67. The Morgan fingerprint density at radius 1 is 1.39 bits per heavy atom. The average molecular weight is 271 g/mol. The number of piperidine rings is 1. The Morgan fingerprint density at radius 3 is 2.67 bits per heavy atom. The molecule has 3 nitrogen and oxygen atoms in total. The molecule has 0 aromatic heterocycles. The van der Waals surface area contributed by atoms with E-state index in [2.05, 4.69) is 5.32 Å². The van der Waals surface area contributed by atoms with Crippen molar-refractivity contribution in [1.29, 1.82) is 0 Å². The van der Waals surface area contributed by atoms with Crippen molar-refractivity contribution in [3.05, 3.63) is 29.1 Å². The van der Waals surface area contributed by atoms with Crippen LogP contribution in [0.5, 0.6) is 0 Å². The first-order chi connectivity index (χ1) is 8.39. The zero-order valence-electron chi connectivity index (χ0n) is 10.7. The van der Waals surface area contributed by atoms with E-state index < -0.39 is 9.84 Å². The molecule has 0 saturated carbocycles. The number of aryl methyl sites for hydroxylation is 1. The average Bonchev–Trinajstić information content (AvgIpc) is 2.28. The molecule has 0 spiro atoms. The summed E-state index contributed by atoms with van der Waals surface area (Å²) in [6.07, 6.45) is 3.05. The Hall–Kier alpha value is -0.940. The van der Waals surface area contributed by atoms with Crippen molar-refractivity contribution in [3.63, 3.8) is 0 Å². The number of sulfone groups is 1. The van der Waals surface area contributed by atoms with Crippen molar-refractivity contribution < 1.29 is 12.8 Å². The standard InChI is InChI=1S/C13H18FNO2S/c1-9-6-12(14)11(7-13(9)18(2,16)17)10-4-3-5-15-8-10/h6-7,10,15H,3-5,8H2,1-2H3. The van der Waals surface area contributed by atoms with Gasteiger partial charge in [-0.3, -0.25) is 0 Å². The van der Waals surface area contributed by atoms with Crippen LogP contribution in [0, 0.1) is 12.7 Å². The molecule has 1 atom stereocenters. The molecule has 1 aromatic carbocycles. The second-order valence-corrected chi connectivity index (χ2v) is 6.94. The zero-order valence-corrected chi connectivity index (χ0v) is 11.5. The van der Waals surface area contributed by atoms with Crippen LogP contribution in [0.3, 0.4) is 0 Å². The highest BCUT2D eigenvalue weighted by Crippen LogP contribution is 2.29. The topological polar surface area (TPSA) is 46.2 Å². The summed E-state index contributed by atoms with van der Waals surface area (Å²) in [5.41, 5.74) is 0.996. The van der Waals surface area contributed by atoms with E-state index in [9.17, 15) is 12.8 Å². The largest absolute Gasteiger partial charge is 0.316 e. The molecular weight excluding hydrogens is 253 g/mol. The Bertz CT molecular complexity index is 548. The first kappa shape index (κ1) is 13.5. The van der Waals surface area contributed by atoms with Crippen molar-refractivity contribution >= 4 is 9.84 Å². The van der Waals surface area contributed by atoms with Gasteiger partial charge in [-0.05, 0) is 55.5 Å². The van der Waals surface area contributed by atoms with Crippen LogP contribution in [-0.2, 0) is 9.84 Å². The smallest absolute Gasteiger partial charge is 0.175 e. The summed E-state index contributed by atoms with van der Waals surface area (Å²) in [4.78, 5) is 0.240. The van der Waals surface area contributed by atoms with E-state index in [0.29, 0.717) is 17.7 Å². The summed E-state index contributed by atoms with van der Waals surface area (Å²) >= 11 is 0. The van der Waals surface area contributed by atoms with Crippen LogP contribution in [0.4, 0.5) is 4.39 Å². The Kier molecular flexibility index (Phi) is 3.73. The van der Waals surface area contributed by atoms with Gasteiger partial charge in [0.15, 0.2) is 9.84 Å². The van der Waals surface area contributed by atoms with Gasteiger partial charge in [0, 0.05) is 12.8 Å². The highest BCUT2D eigenvalue weighted by Gasteiger charge is 2.22. The lowest BCUT2D eigenvalue weighted by Crippen LogP contribution is -2.29. The van der Waals surface area contributed by atoms with Crippen LogP contribution in [-0.4, -0.2) is 27.8 Å². The quantitative estimate of drug-likeness (QED) is 0.837. The van der Waals surface area contributed by atoms with Gasteiger partial charge in [0.25, 0.3) is 0 Å². The molecule has 1 unspecified atom stereocenters. The molecule has 100 valence electrons. The Morgan fingerprint density at radius 2 is 2.11 bits per heavy atom. The van der Waals surface area contributed by atoms with E-state index >= 15 is 0 Å². The third-order valence-electron chi connectivity index (χ3n) is 3.43.